The number of thiophene rings is 5. The molecule has 5 aromatic heterocycles. The molecule has 0 aliphatic carbocycles. The average Bonchev–Trinajstić information content (AvgIpc) is 3.82. The van der Waals surface area contributed by atoms with Crippen LogP contribution < -0.4 is 4.74 Å². The zero-order chi connectivity index (χ0) is 25.8. The summed E-state index contributed by atoms with van der Waals surface area (Å²) in [6, 6.07) is 33.0. The fourth-order valence-electron chi connectivity index (χ4n) is 5.17. The van der Waals surface area contributed by atoms with Gasteiger partial charge in [-0.1, -0.05) is 36.4 Å². The van der Waals surface area contributed by atoms with Gasteiger partial charge in [-0.25, -0.2) is 0 Å². The van der Waals surface area contributed by atoms with E-state index in [4.69, 9.17) is 4.74 Å². The third kappa shape index (κ3) is 3.98. The van der Waals surface area contributed by atoms with E-state index in [1.807, 2.05) is 22.7 Å². The van der Waals surface area contributed by atoms with Crippen LogP contribution in [0.5, 0.6) is 5.75 Å². The molecule has 1 atom stereocenters. The summed E-state index contributed by atoms with van der Waals surface area (Å²) in [5, 5.41) is 8.85. The van der Waals surface area contributed by atoms with Crippen LogP contribution in [0.25, 0.3) is 46.8 Å². The van der Waals surface area contributed by atoms with Crippen LogP contribution in [0.2, 0.25) is 0 Å². The maximum atomic E-state index is 6.99. The number of ether oxygens (including phenoxy) is 1. The molecule has 0 saturated carbocycles. The van der Waals surface area contributed by atoms with Gasteiger partial charge >= 0.3 is 0 Å². The molecule has 8 rings (SSSR count). The fraction of sp³-hybridized carbons (Fsp3) is 0.0303. The summed E-state index contributed by atoms with van der Waals surface area (Å²) >= 11 is 8.98. The van der Waals surface area contributed by atoms with Crippen molar-refractivity contribution in [1.82, 2.24) is 0 Å². The topological polar surface area (TPSA) is 9.23 Å². The fourth-order valence-corrected chi connectivity index (χ4v) is 9.89. The summed E-state index contributed by atoms with van der Waals surface area (Å²) in [7, 11) is 0. The van der Waals surface area contributed by atoms with Crippen molar-refractivity contribution in [1.29, 1.82) is 0 Å². The van der Waals surface area contributed by atoms with Gasteiger partial charge in [-0.2, -0.15) is 0 Å². The molecule has 0 bridgehead atoms. The molecule has 6 heteroatoms. The first kappa shape index (κ1) is 23.6. The molecule has 2 aromatic carbocycles. The molecular weight excluding hydrogens is 573 g/mol. The molecule has 0 amide bonds. The van der Waals surface area contributed by atoms with Crippen LogP contribution >= 0.6 is 56.7 Å². The molecule has 1 aliphatic heterocycles. The first-order valence-electron chi connectivity index (χ1n) is 12.5. The Kier molecular flexibility index (Phi) is 5.71. The lowest BCUT2D eigenvalue weighted by Gasteiger charge is -2.34. The second kappa shape index (κ2) is 9.44. The maximum absolute atomic E-state index is 6.99. The van der Waals surface area contributed by atoms with E-state index in [1.165, 1.54) is 50.5 Å². The van der Waals surface area contributed by atoms with E-state index >= 15 is 0 Å². The van der Waals surface area contributed by atoms with Crippen molar-refractivity contribution >= 4 is 73.5 Å². The number of hydrogen-bond donors (Lipinski definition) is 0. The quantitative estimate of drug-likeness (QED) is 0.193. The molecule has 1 aliphatic rings. The van der Waals surface area contributed by atoms with Gasteiger partial charge in [-0.3, -0.25) is 0 Å². The molecule has 188 valence electrons. The van der Waals surface area contributed by atoms with Gasteiger partial charge in [0.15, 0.2) is 5.60 Å². The van der Waals surface area contributed by atoms with Gasteiger partial charge < -0.3 is 4.74 Å². The molecule has 0 spiro atoms. The standard InChI is InChI=1S/C33H20OS5/c1-4-27(35-17-1)29-12-11-26(38-29)22-7-9-23-21(20-22)8-10-25-24(23)15-16-33(34-25,31-6-3-19-37-31)32-14-13-30(39-32)28-5-2-18-36-28/h1-20H. The zero-order valence-electron chi connectivity index (χ0n) is 20.5. The molecule has 39 heavy (non-hydrogen) atoms. The van der Waals surface area contributed by atoms with E-state index in [-0.39, 0.29) is 0 Å². The average molecular weight is 593 g/mol. The predicted octanol–water partition coefficient (Wildman–Crippen LogP) is 11.5. The molecule has 0 fully saturated rings. The Balaban J connectivity index is 1.19. The van der Waals surface area contributed by atoms with E-state index in [9.17, 15) is 0 Å². The van der Waals surface area contributed by atoms with E-state index in [0.717, 1.165) is 11.3 Å². The van der Waals surface area contributed by atoms with Gasteiger partial charge in [0.2, 0.25) is 0 Å². The smallest absolute Gasteiger partial charge is 0.196 e. The van der Waals surface area contributed by atoms with Gasteiger partial charge in [0, 0.05) is 29.9 Å². The third-order valence-electron chi connectivity index (χ3n) is 7.05. The van der Waals surface area contributed by atoms with Crippen LogP contribution in [0.15, 0.2) is 113 Å². The molecule has 0 N–H and O–H groups in total. The lowest BCUT2D eigenvalue weighted by atomic mass is 9.92. The largest absolute Gasteiger partial charge is 0.471 e. The summed E-state index contributed by atoms with van der Waals surface area (Å²) in [5.74, 6) is 0.924. The third-order valence-corrected chi connectivity index (χ3v) is 12.5. The highest BCUT2D eigenvalue weighted by atomic mass is 32.1. The van der Waals surface area contributed by atoms with E-state index in [2.05, 4.69) is 119 Å². The SMILES string of the molecule is C1=CC(c2cccs2)(c2ccc(-c3cccs3)s2)Oc2ccc3cc(-c4ccc(-c5cccs5)s4)ccc3c21. The van der Waals surface area contributed by atoms with Gasteiger partial charge in [0.1, 0.15) is 5.75 Å². The van der Waals surface area contributed by atoms with Crippen LogP contribution in [0.3, 0.4) is 0 Å². The van der Waals surface area contributed by atoms with Gasteiger partial charge in [0.05, 0.1) is 9.75 Å². The van der Waals surface area contributed by atoms with Gasteiger partial charge in [-0.15, -0.1) is 56.7 Å². The Morgan fingerprint density at radius 2 is 1.31 bits per heavy atom. The number of fused-ring (bicyclic) bond motifs is 3. The summed E-state index contributed by atoms with van der Waals surface area (Å²) in [6.07, 6.45) is 4.52. The maximum Gasteiger partial charge on any atom is 0.196 e. The van der Waals surface area contributed by atoms with Crippen LogP contribution in [-0.2, 0) is 5.60 Å². The normalized spacial score (nSPS) is 16.4. The Bertz CT molecular complexity index is 1930. The van der Waals surface area contributed by atoms with E-state index in [1.54, 1.807) is 34.0 Å². The summed E-state index contributed by atoms with van der Waals surface area (Å²) in [4.78, 5) is 8.90. The van der Waals surface area contributed by atoms with Crippen molar-refractivity contribution in [3.05, 3.63) is 129 Å². The molecule has 7 aromatic rings. The first-order chi connectivity index (χ1) is 19.3. The molecule has 1 unspecified atom stereocenters. The van der Waals surface area contributed by atoms with Crippen molar-refractivity contribution < 1.29 is 4.74 Å². The molecule has 1 nitrogen and oxygen atoms in total. The van der Waals surface area contributed by atoms with Crippen molar-refractivity contribution in [2.45, 2.75) is 5.60 Å². The minimum absolute atomic E-state index is 0.621. The summed E-state index contributed by atoms with van der Waals surface area (Å²) in [5.41, 5.74) is 1.78. The number of hydrogen-bond acceptors (Lipinski definition) is 6. The Morgan fingerprint density at radius 3 is 2.08 bits per heavy atom. The highest BCUT2D eigenvalue weighted by Crippen LogP contribution is 2.49. The van der Waals surface area contributed by atoms with E-state index in [0.29, 0.717) is 0 Å². The molecule has 0 radical (unpaired) electrons. The highest BCUT2D eigenvalue weighted by molar-refractivity contribution is 7.23. The van der Waals surface area contributed by atoms with Crippen molar-refractivity contribution in [3.8, 4) is 35.7 Å². The monoisotopic (exact) mass is 592 g/mol. The van der Waals surface area contributed by atoms with Crippen molar-refractivity contribution in [2.75, 3.05) is 0 Å². The Hall–Kier alpha value is -3.26. The lowest BCUT2D eigenvalue weighted by molar-refractivity contribution is 0.169. The summed E-state index contributed by atoms with van der Waals surface area (Å²) in [6.45, 7) is 0. The summed E-state index contributed by atoms with van der Waals surface area (Å²) < 4.78 is 6.99. The van der Waals surface area contributed by atoms with Crippen LogP contribution in [0.4, 0.5) is 0 Å². The highest BCUT2D eigenvalue weighted by Gasteiger charge is 2.39. The number of benzene rings is 2. The second-order valence-corrected chi connectivity index (χ2v) is 14.4. The van der Waals surface area contributed by atoms with Crippen LogP contribution in [-0.4, -0.2) is 0 Å². The molecular formula is C33H20OS5. The molecule has 6 heterocycles. The Morgan fingerprint density at radius 1 is 0.564 bits per heavy atom. The van der Waals surface area contributed by atoms with Crippen molar-refractivity contribution in [3.63, 3.8) is 0 Å². The first-order valence-corrected chi connectivity index (χ1v) is 16.8. The van der Waals surface area contributed by atoms with Crippen molar-refractivity contribution in [2.24, 2.45) is 0 Å². The lowest BCUT2D eigenvalue weighted by Crippen LogP contribution is -2.32. The second-order valence-electron chi connectivity index (χ2n) is 9.34. The van der Waals surface area contributed by atoms with Gasteiger partial charge in [-0.05, 0) is 99.2 Å². The minimum atomic E-state index is -0.621. The van der Waals surface area contributed by atoms with Crippen LogP contribution in [0.1, 0.15) is 15.3 Å². The zero-order valence-corrected chi connectivity index (χ0v) is 24.6. The number of rotatable bonds is 5. The molecule has 0 saturated heterocycles. The van der Waals surface area contributed by atoms with E-state index < -0.39 is 5.60 Å². The minimum Gasteiger partial charge on any atom is -0.471 e. The van der Waals surface area contributed by atoms with Crippen LogP contribution in [0, 0.1) is 0 Å². The predicted molar refractivity (Wildman–Crippen MR) is 173 cm³/mol. The van der Waals surface area contributed by atoms with Gasteiger partial charge in [0.25, 0.3) is 0 Å². The Labute approximate surface area is 246 Å².